The Balaban J connectivity index is 1.62. The standard InChI is InChI=1S/C12H19N3O/c1-8-2-4-9(5-3-8)11-14-12(16-15-11)13-10-6-7-10/h8-10H,2-7H2,1H3,(H,13,14,15). The largest absolute Gasteiger partial charge is 0.335 e. The molecule has 0 unspecified atom stereocenters. The molecule has 0 saturated heterocycles. The second-order valence-electron chi connectivity index (χ2n) is 5.33. The van der Waals surface area contributed by atoms with Gasteiger partial charge in [-0.3, -0.25) is 0 Å². The molecule has 1 aromatic heterocycles. The molecule has 2 fully saturated rings. The van der Waals surface area contributed by atoms with E-state index in [-0.39, 0.29) is 0 Å². The average molecular weight is 221 g/mol. The Morgan fingerprint density at radius 1 is 1.12 bits per heavy atom. The molecule has 88 valence electrons. The van der Waals surface area contributed by atoms with Gasteiger partial charge in [-0.2, -0.15) is 4.98 Å². The molecule has 4 heteroatoms. The van der Waals surface area contributed by atoms with Crippen LogP contribution in [0.4, 0.5) is 6.01 Å². The van der Waals surface area contributed by atoms with Crippen molar-refractivity contribution in [3.63, 3.8) is 0 Å². The minimum Gasteiger partial charge on any atom is -0.335 e. The van der Waals surface area contributed by atoms with Crippen LogP contribution in [0.3, 0.4) is 0 Å². The molecule has 0 aromatic carbocycles. The maximum Gasteiger partial charge on any atom is 0.321 e. The van der Waals surface area contributed by atoms with Crippen molar-refractivity contribution in [2.75, 3.05) is 5.32 Å². The molecule has 0 amide bonds. The van der Waals surface area contributed by atoms with E-state index in [9.17, 15) is 0 Å². The van der Waals surface area contributed by atoms with Crippen molar-refractivity contribution < 1.29 is 4.52 Å². The molecule has 4 nitrogen and oxygen atoms in total. The smallest absolute Gasteiger partial charge is 0.321 e. The molecule has 2 aliphatic rings. The quantitative estimate of drug-likeness (QED) is 0.852. The van der Waals surface area contributed by atoms with Crippen molar-refractivity contribution in [2.45, 2.75) is 57.4 Å². The highest BCUT2D eigenvalue weighted by Crippen LogP contribution is 2.34. The first-order valence-electron chi connectivity index (χ1n) is 6.41. The van der Waals surface area contributed by atoms with Gasteiger partial charge in [0, 0.05) is 12.0 Å². The second-order valence-corrected chi connectivity index (χ2v) is 5.33. The van der Waals surface area contributed by atoms with Gasteiger partial charge in [0.2, 0.25) is 0 Å². The third-order valence-electron chi connectivity index (χ3n) is 3.73. The van der Waals surface area contributed by atoms with Crippen molar-refractivity contribution in [2.24, 2.45) is 5.92 Å². The van der Waals surface area contributed by atoms with Crippen LogP contribution in [0.15, 0.2) is 4.52 Å². The fraction of sp³-hybridized carbons (Fsp3) is 0.833. The van der Waals surface area contributed by atoms with Gasteiger partial charge in [0.1, 0.15) is 0 Å². The molecule has 16 heavy (non-hydrogen) atoms. The van der Waals surface area contributed by atoms with Crippen LogP contribution in [-0.4, -0.2) is 16.2 Å². The monoisotopic (exact) mass is 221 g/mol. The van der Waals surface area contributed by atoms with E-state index in [0.717, 1.165) is 11.7 Å². The molecule has 0 atom stereocenters. The van der Waals surface area contributed by atoms with Crippen molar-refractivity contribution >= 4 is 6.01 Å². The normalized spacial score (nSPS) is 30.3. The van der Waals surface area contributed by atoms with E-state index < -0.39 is 0 Å². The third kappa shape index (κ3) is 2.20. The molecule has 2 saturated carbocycles. The van der Waals surface area contributed by atoms with Gasteiger partial charge in [-0.25, -0.2) is 0 Å². The second kappa shape index (κ2) is 4.07. The van der Waals surface area contributed by atoms with Crippen LogP contribution < -0.4 is 5.32 Å². The van der Waals surface area contributed by atoms with Crippen LogP contribution in [0.25, 0.3) is 0 Å². The summed E-state index contributed by atoms with van der Waals surface area (Å²) in [7, 11) is 0. The lowest BCUT2D eigenvalue weighted by atomic mass is 9.83. The lowest BCUT2D eigenvalue weighted by Crippen LogP contribution is -2.12. The van der Waals surface area contributed by atoms with Gasteiger partial charge in [0.15, 0.2) is 5.82 Å². The Morgan fingerprint density at radius 2 is 1.88 bits per heavy atom. The van der Waals surface area contributed by atoms with Gasteiger partial charge in [0.05, 0.1) is 0 Å². The van der Waals surface area contributed by atoms with Gasteiger partial charge in [-0.15, -0.1) is 0 Å². The molecule has 0 radical (unpaired) electrons. The maximum atomic E-state index is 5.22. The number of anilines is 1. The summed E-state index contributed by atoms with van der Waals surface area (Å²) in [5.74, 6) is 2.30. The van der Waals surface area contributed by atoms with Crippen molar-refractivity contribution in [3.05, 3.63) is 5.82 Å². The van der Waals surface area contributed by atoms with Crippen LogP contribution in [0.1, 0.15) is 57.2 Å². The summed E-state index contributed by atoms with van der Waals surface area (Å²) in [4.78, 5) is 4.45. The van der Waals surface area contributed by atoms with E-state index in [1.165, 1.54) is 38.5 Å². The maximum absolute atomic E-state index is 5.22. The summed E-state index contributed by atoms with van der Waals surface area (Å²) in [6, 6.07) is 1.20. The first-order chi connectivity index (χ1) is 7.81. The SMILES string of the molecule is CC1CCC(c2noc(NC3CC3)n2)CC1. The van der Waals surface area contributed by atoms with Gasteiger partial charge in [0.25, 0.3) is 0 Å². The van der Waals surface area contributed by atoms with Crippen LogP contribution in [0.5, 0.6) is 0 Å². The topological polar surface area (TPSA) is 51.0 Å². The summed E-state index contributed by atoms with van der Waals surface area (Å²) in [5.41, 5.74) is 0. The third-order valence-corrected chi connectivity index (χ3v) is 3.73. The fourth-order valence-corrected chi connectivity index (χ4v) is 2.38. The Labute approximate surface area is 95.8 Å². The van der Waals surface area contributed by atoms with E-state index in [0.29, 0.717) is 18.0 Å². The lowest BCUT2D eigenvalue weighted by Gasteiger charge is -2.23. The molecule has 2 aliphatic carbocycles. The van der Waals surface area contributed by atoms with Gasteiger partial charge in [-0.1, -0.05) is 24.9 Å². The molecule has 0 aliphatic heterocycles. The fourth-order valence-electron chi connectivity index (χ4n) is 2.38. The number of hydrogen-bond donors (Lipinski definition) is 1. The first kappa shape index (κ1) is 10.1. The zero-order valence-corrected chi connectivity index (χ0v) is 9.78. The van der Waals surface area contributed by atoms with Gasteiger partial charge in [-0.05, 0) is 31.6 Å². The Morgan fingerprint density at radius 3 is 2.56 bits per heavy atom. The predicted octanol–water partition coefficient (Wildman–Crippen LogP) is 2.94. The van der Waals surface area contributed by atoms with E-state index in [1.807, 2.05) is 0 Å². The van der Waals surface area contributed by atoms with E-state index in [4.69, 9.17) is 4.52 Å². The molecular weight excluding hydrogens is 202 g/mol. The predicted molar refractivity (Wildman–Crippen MR) is 61.3 cm³/mol. The van der Waals surface area contributed by atoms with Crippen LogP contribution in [0, 0.1) is 5.92 Å². The zero-order valence-electron chi connectivity index (χ0n) is 9.78. The number of nitrogens with zero attached hydrogens (tertiary/aromatic N) is 2. The average Bonchev–Trinajstić information content (AvgIpc) is 2.97. The highest BCUT2D eigenvalue weighted by atomic mass is 16.5. The lowest BCUT2D eigenvalue weighted by molar-refractivity contribution is 0.329. The molecule has 1 heterocycles. The summed E-state index contributed by atoms with van der Waals surface area (Å²) in [6.45, 7) is 2.33. The number of aromatic nitrogens is 2. The van der Waals surface area contributed by atoms with E-state index >= 15 is 0 Å². The number of hydrogen-bond acceptors (Lipinski definition) is 4. The van der Waals surface area contributed by atoms with Crippen LogP contribution >= 0.6 is 0 Å². The highest BCUT2D eigenvalue weighted by molar-refractivity contribution is 5.24. The van der Waals surface area contributed by atoms with Crippen LogP contribution in [0.2, 0.25) is 0 Å². The summed E-state index contributed by atoms with van der Waals surface area (Å²) >= 11 is 0. The van der Waals surface area contributed by atoms with Gasteiger partial charge >= 0.3 is 6.01 Å². The molecular formula is C12H19N3O. The van der Waals surface area contributed by atoms with E-state index in [2.05, 4.69) is 22.4 Å². The van der Waals surface area contributed by atoms with Crippen molar-refractivity contribution in [1.29, 1.82) is 0 Å². The summed E-state index contributed by atoms with van der Waals surface area (Å²) in [5, 5.41) is 7.34. The van der Waals surface area contributed by atoms with Gasteiger partial charge < -0.3 is 9.84 Å². The van der Waals surface area contributed by atoms with Crippen molar-refractivity contribution in [3.8, 4) is 0 Å². The van der Waals surface area contributed by atoms with Crippen molar-refractivity contribution in [1.82, 2.24) is 10.1 Å². The molecule has 1 N–H and O–H groups in total. The summed E-state index contributed by atoms with van der Waals surface area (Å²) in [6.07, 6.45) is 7.49. The first-order valence-corrected chi connectivity index (χ1v) is 6.41. The Bertz CT molecular complexity index is 351. The van der Waals surface area contributed by atoms with Crippen LogP contribution in [-0.2, 0) is 0 Å². The number of rotatable bonds is 3. The molecule has 0 bridgehead atoms. The Hall–Kier alpha value is -1.06. The minimum absolute atomic E-state index is 0.523. The molecule has 3 rings (SSSR count). The Kier molecular flexibility index (Phi) is 2.58. The highest BCUT2D eigenvalue weighted by Gasteiger charge is 2.26. The molecule has 1 aromatic rings. The summed E-state index contributed by atoms with van der Waals surface area (Å²) < 4.78 is 5.22. The minimum atomic E-state index is 0.523. The number of nitrogens with one attached hydrogen (secondary N) is 1. The van der Waals surface area contributed by atoms with E-state index in [1.54, 1.807) is 0 Å². The molecule has 0 spiro atoms. The zero-order chi connectivity index (χ0) is 11.0.